The molecule has 0 spiro atoms. The minimum atomic E-state index is -1.10. The molecule has 4 heterocycles. The number of carbonyl (C=O) groups excluding carboxylic acids is 1. The van der Waals surface area contributed by atoms with Crippen LogP contribution in [-0.2, 0) is 11.3 Å². The van der Waals surface area contributed by atoms with E-state index in [1.165, 1.54) is 31.5 Å². The number of aromatic nitrogens is 1. The van der Waals surface area contributed by atoms with Gasteiger partial charge in [0.05, 0.1) is 18.0 Å². The Kier molecular flexibility index (Phi) is 4.32. The quantitative estimate of drug-likeness (QED) is 0.643. The van der Waals surface area contributed by atoms with Gasteiger partial charge in [-0.15, -0.1) is 0 Å². The number of hydrogen-bond acceptors (Lipinski definition) is 4. The molecule has 3 fully saturated rings. The van der Waals surface area contributed by atoms with Gasteiger partial charge in [0, 0.05) is 28.9 Å². The van der Waals surface area contributed by atoms with Crippen LogP contribution in [0.1, 0.15) is 12.8 Å². The van der Waals surface area contributed by atoms with Gasteiger partial charge in [0.15, 0.2) is 0 Å². The Hall–Kier alpha value is -2.79. The van der Waals surface area contributed by atoms with Crippen molar-refractivity contribution in [2.75, 3.05) is 26.2 Å². The van der Waals surface area contributed by atoms with E-state index in [9.17, 15) is 9.90 Å². The van der Waals surface area contributed by atoms with Gasteiger partial charge in [-0.3, -0.25) is 4.90 Å². The van der Waals surface area contributed by atoms with Gasteiger partial charge in [0.1, 0.15) is 12.4 Å². The molecular weight excluding hydrogens is 352 g/mol. The summed E-state index contributed by atoms with van der Waals surface area (Å²) in [6.07, 6.45) is 4.76. The molecule has 3 aromatic rings. The summed E-state index contributed by atoms with van der Waals surface area (Å²) in [6, 6.07) is 13.8. The molecule has 0 unspecified atom stereocenters. The molecule has 3 saturated heterocycles. The second-order valence-corrected chi connectivity index (χ2v) is 7.79. The smallest absolute Gasteiger partial charge is 0.121 e. The third-order valence-corrected chi connectivity index (χ3v) is 6.15. The van der Waals surface area contributed by atoms with Crippen molar-refractivity contribution in [3.05, 3.63) is 54.1 Å². The molecule has 1 aromatic heterocycles. The maximum atomic E-state index is 11.3. The van der Waals surface area contributed by atoms with Crippen molar-refractivity contribution in [2.45, 2.75) is 19.4 Å². The fourth-order valence-electron chi connectivity index (χ4n) is 4.74. The number of rotatable bonds is 5. The highest BCUT2D eigenvalue weighted by Crippen LogP contribution is 2.33. The molecule has 0 amide bonds. The molecule has 2 bridgehead atoms. The second kappa shape index (κ2) is 6.99. The van der Waals surface area contributed by atoms with E-state index >= 15 is 0 Å². The number of carboxylic acids is 1. The molecule has 0 aliphatic carbocycles. The van der Waals surface area contributed by atoms with E-state index in [1.807, 2.05) is 42.5 Å². The standard InChI is InChI=1S/C23H24N2O3/c26-23(27)15-25-21-4-2-1-3-19(21)20-6-5-18(13-22(20)25)28-12-9-17-14-24-10-7-16(17)8-11-24/h1-6,9,13,16H,7-8,10-12,14-15H2,(H,26,27)/p-1/b17-9+. The second-order valence-electron chi connectivity index (χ2n) is 7.79. The molecule has 2 aromatic carbocycles. The Balaban J connectivity index is 1.43. The number of fused-ring (bicyclic) bond motifs is 6. The number of piperidine rings is 3. The summed E-state index contributed by atoms with van der Waals surface area (Å²) in [6.45, 7) is 3.90. The van der Waals surface area contributed by atoms with E-state index in [-0.39, 0.29) is 6.54 Å². The van der Waals surface area contributed by atoms with Crippen molar-refractivity contribution in [3.8, 4) is 5.75 Å². The van der Waals surface area contributed by atoms with Crippen LogP contribution in [0.25, 0.3) is 21.8 Å². The molecule has 5 nitrogen and oxygen atoms in total. The lowest BCUT2D eigenvalue weighted by molar-refractivity contribution is -0.306. The molecule has 6 rings (SSSR count). The van der Waals surface area contributed by atoms with Crippen LogP contribution in [0.5, 0.6) is 5.75 Å². The van der Waals surface area contributed by atoms with Crippen LogP contribution in [0, 0.1) is 5.92 Å². The van der Waals surface area contributed by atoms with Crippen molar-refractivity contribution < 1.29 is 14.6 Å². The monoisotopic (exact) mass is 375 g/mol. The largest absolute Gasteiger partial charge is 0.548 e. The topological polar surface area (TPSA) is 57.5 Å². The van der Waals surface area contributed by atoms with Crippen molar-refractivity contribution in [2.24, 2.45) is 5.92 Å². The van der Waals surface area contributed by atoms with Gasteiger partial charge >= 0.3 is 0 Å². The van der Waals surface area contributed by atoms with Gasteiger partial charge in [0.25, 0.3) is 0 Å². The molecule has 5 heteroatoms. The summed E-state index contributed by atoms with van der Waals surface area (Å²) >= 11 is 0. The molecule has 28 heavy (non-hydrogen) atoms. The van der Waals surface area contributed by atoms with Gasteiger partial charge in [0.2, 0.25) is 0 Å². The normalized spacial score (nSPS) is 22.9. The molecular formula is C23H23N2O3-. The zero-order valence-electron chi connectivity index (χ0n) is 15.8. The summed E-state index contributed by atoms with van der Waals surface area (Å²) in [5, 5.41) is 13.3. The minimum Gasteiger partial charge on any atom is -0.548 e. The summed E-state index contributed by atoms with van der Waals surface area (Å²) in [5.41, 5.74) is 3.26. The zero-order chi connectivity index (χ0) is 19.1. The first-order chi connectivity index (χ1) is 13.7. The van der Waals surface area contributed by atoms with Gasteiger partial charge in [-0.25, -0.2) is 0 Å². The lowest BCUT2D eigenvalue weighted by Crippen LogP contribution is -2.43. The van der Waals surface area contributed by atoms with E-state index in [4.69, 9.17) is 4.74 Å². The van der Waals surface area contributed by atoms with Crippen molar-refractivity contribution in [1.29, 1.82) is 0 Å². The van der Waals surface area contributed by atoms with Crippen LogP contribution in [0.15, 0.2) is 54.1 Å². The number of para-hydroxylation sites is 1. The number of carboxylic acid groups (broad SMARTS) is 1. The van der Waals surface area contributed by atoms with Crippen LogP contribution < -0.4 is 9.84 Å². The van der Waals surface area contributed by atoms with Crippen molar-refractivity contribution >= 4 is 27.8 Å². The van der Waals surface area contributed by atoms with Crippen LogP contribution in [0.2, 0.25) is 0 Å². The Morgan fingerprint density at radius 1 is 1.11 bits per heavy atom. The van der Waals surface area contributed by atoms with E-state index in [1.54, 1.807) is 4.57 Å². The Bertz CT molecular complexity index is 1070. The fourth-order valence-corrected chi connectivity index (χ4v) is 4.74. The number of aliphatic carboxylic acids is 1. The number of nitrogens with zero attached hydrogens (tertiary/aromatic N) is 2. The molecule has 0 saturated carbocycles. The molecule has 0 N–H and O–H groups in total. The maximum Gasteiger partial charge on any atom is 0.121 e. The number of hydrogen-bond donors (Lipinski definition) is 0. The molecule has 3 aliphatic heterocycles. The first-order valence-corrected chi connectivity index (χ1v) is 9.94. The summed E-state index contributed by atoms with van der Waals surface area (Å²) in [4.78, 5) is 13.8. The highest BCUT2D eigenvalue weighted by molar-refractivity contribution is 6.08. The average Bonchev–Trinajstić information content (AvgIpc) is 3.02. The van der Waals surface area contributed by atoms with Gasteiger partial charge in [-0.05, 0) is 56.1 Å². The van der Waals surface area contributed by atoms with Crippen LogP contribution >= 0.6 is 0 Å². The first-order valence-electron chi connectivity index (χ1n) is 9.94. The molecule has 0 atom stereocenters. The molecule has 0 radical (unpaired) electrons. The highest BCUT2D eigenvalue weighted by Gasteiger charge is 2.28. The maximum absolute atomic E-state index is 11.3. The predicted molar refractivity (Wildman–Crippen MR) is 107 cm³/mol. The van der Waals surface area contributed by atoms with E-state index in [2.05, 4.69) is 11.0 Å². The van der Waals surface area contributed by atoms with E-state index in [0.29, 0.717) is 6.61 Å². The fraction of sp³-hybridized carbons (Fsp3) is 0.348. The first kappa shape index (κ1) is 17.3. The SMILES string of the molecule is O=C([O-])Cn1c2ccccc2c2ccc(OC/C=C3\CN4CCC3CC4)cc21. The highest BCUT2D eigenvalue weighted by atomic mass is 16.5. The van der Waals surface area contributed by atoms with Crippen LogP contribution in [0.3, 0.4) is 0 Å². The third kappa shape index (κ3) is 3.06. The van der Waals surface area contributed by atoms with Crippen LogP contribution in [0.4, 0.5) is 0 Å². The Morgan fingerprint density at radius 2 is 1.89 bits per heavy atom. The lowest BCUT2D eigenvalue weighted by atomic mass is 9.84. The van der Waals surface area contributed by atoms with Crippen LogP contribution in [-0.4, -0.2) is 41.7 Å². The molecule has 144 valence electrons. The van der Waals surface area contributed by atoms with Gasteiger partial charge < -0.3 is 19.2 Å². The zero-order valence-corrected chi connectivity index (χ0v) is 15.8. The van der Waals surface area contributed by atoms with Gasteiger partial charge in [-0.2, -0.15) is 0 Å². The van der Waals surface area contributed by atoms with Crippen molar-refractivity contribution in [3.63, 3.8) is 0 Å². The Morgan fingerprint density at radius 3 is 2.64 bits per heavy atom. The number of ether oxygens (including phenoxy) is 1. The van der Waals surface area contributed by atoms with E-state index in [0.717, 1.165) is 40.0 Å². The third-order valence-electron chi connectivity index (χ3n) is 6.15. The van der Waals surface area contributed by atoms with Gasteiger partial charge in [-0.1, -0.05) is 23.8 Å². The minimum absolute atomic E-state index is 0.172. The van der Waals surface area contributed by atoms with E-state index < -0.39 is 5.97 Å². The number of benzene rings is 2. The lowest BCUT2D eigenvalue weighted by Gasteiger charge is -2.41. The average molecular weight is 375 g/mol. The predicted octanol–water partition coefficient (Wildman–Crippen LogP) is 2.58. The number of carbonyl (C=O) groups is 1. The summed E-state index contributed by atoms with van der Waals surface area (Å²) in [7, 11) is 0. The molecule has 3 aliphatic rings. The summed E-state index contributed by atoms with van der Waals surface area (Å²) < 4.78 is 7.80. The van der Waals surface area contributed by atoms with Crippen molar-refractivity contribution in [1.82, 2.24) is 9.47 Å². The Labute approximate surface area is 163 Å². The summed E-state index contributed by atoms with van der Waals surface area (Å²) in [5.74, 6) is 0.385.